The molecule has 2 aromatic rings. The third-order valence-corrected chi connectivity index (χ3v) is 4.14. The van der Waals surface area contributed by atoms with Crippen molar-refractivity contribution in [2.75, 3.05) is 39.4 Å². The Kier molecular flexibility index (Phi) is 9.08. The summed E-state index contributed by atoms with van der Waals surface area (Å²) in [6.07, 6.45) is 0.645. The summed E-state index contributed by atoms with van der Waals surface area (Å²) in [6, 6.07) is 9.17. The van der Waals surface area contributed by atoms with E-state index in [-0.39, 0.29) is 37.1 Å². The van der Waals surface area contributed by atoms with Crippen molar-refractivity contribution in [1.82, 2.24) is 0 Å². The van der Waals surface area contributed by atoms with Crippen molar-refractivity contribution in [2.45, 2.75) is 19.8 Å². The number of hydrogen-bond donors (Lipinski definition) is 1. The summed E-state index contributed by atoms with van der Waals surface area (Å²) in [5.74, 6) is 0.161. The molecule has 0 aliphatic heterocycles. The average Bonchev–Trinajstić information content (AvgIpc) is 2.72. The summed E-state index contributed by atoms with van der Waals surface area (Å²) >= 11 is 0. The Morgan fingerprint density at radius 1 is 0.933 bits per heavy atom. The lowest BCUT2D eigenvalue weighted by atomic mass is 10.1. The van der Waals surface area contributed by atoms with Gasteiger partial charge in [-0.05, 0) is 43.7 Å². The number of Topliss-reactive ketones (excluding diaryl/α,β-unsaturated/α-hetero) is 1. The van der Waals surface area contributed by atoms with Crippen molar-refractivity contribution >= 4 is 17.4 Å². The molecule has 30 heavy (non-hydrogen) atoms. The number of halogens is 1. The van der Waals surface area contributed by atoms with Crippen LogP contribution in [0.15, 0.2) is 36.4 Å². The molecule has 0 atom stereocenters. The highest BCUT2D eigenvalue weighted by molar-refractivity contribution is 5.94. The van der Waals surface area contributed by atoms with E-state index in [9.17, 15) is 14.0 Å². The number of benzene rings is 2. The molecule has 0 bridgehead atoms. The molecule has 1 amide bonds. The second kappa shape index (κ2) is 11.8. The average molecular weight is 419 g/mol. The molecule has 0 aliphatic rings. The van der Waals surface area contributed by atoms with Gasteiger partial charge in [-0.2, -0.15) is 0 Å². The van der Waals surface area contributed by atoms with Crippen molar-refractivity contribution in [2.24, 2.45) is 0 Å². The SMILES string of the molecule is COCCOc1ccc(NC(=O)CCCOc2ccc(C(C)=O)cc2OC)cc1F. The molecule has 2 aromatic carbocycles. The topological polar surface area (TPSA) is 83.1 Å². The Morgan fingerprint density at radius 2 is 1.67 bits per heavy atom. The van der Waals surface area contributed by atoms with Crippen LogP contribution in [0.25, 0.3) is 0 Å². The van der Waals surface area contributed by atoms with Crippen LogP contribution in [0.4, 0.5) is 10.1 Å². The van der Waals surface area contributed by atoms with Gasteiger partial charge in [-0.1, -0.05) is 0 Å². The zero-order valence-electron chi connectivity index (χ0n) is 17.3. The second-order valence-corrected chi connectivity index (χ2v) is 6.41. The first-order valence-corrected chi connectivity index (χ1v) is 9.47. The molecule has 0 fully saturated rings. The van der Waals surface area contributed by atoms with E-state index in [1.165, 1.54) is 33.3 Å². The third kappa shape index (κ3) is 7.04. The molecular formula is C22H26FNO6. The van der Waals surface area contributed by atoms with Gasteiger partial charge in [0.05, 0.1) is 20.3 Å². The van der Waals surface area contributed by atoms with Gasteiger partial charge < -0.3 is 24.3 Å². The van der Waals surface area contributed by atoms with Gasteiger partial charge in [0.15, 0.2) is 28.8 Å². The molecule has 2 rings (SSSR count). The Labute approximate surface area is 175 Å². The van der Waals surface area contributed by atoms with E-state index >= 15 is 0 Å². The number of ketones is 1. The van der Waals surface area contributed by atoms with Gasteiger partial charge in [0.2, 0.25) is 5.91 Å². The van der Waals surface area contributed by atoms with E-state index in [4.69, 9.17) is 18.9 Å². The summed E-state index contributed by atoms with van der Waals surface area (Å²) in [5, 5.41) is 2.64. The minimum absolute atomic E-state index is 0.0671. The number of anilines is 1. The van der Waals surface area contributed by atoms with Gasteiger partial charge in [-0.25, -0.2) is 4.39 Å². The predicted octanol–water partition coefficient (Wildman–Crippen LogP) is 3.86. The lowest BCUT2D eigenvalue weighted by Gasteiger charge is -2.12. The van der Waals surface area contributed by atoms with Crippen LogP contribution in [-0.4, -0.2) is 45.7 Å². The van der Waals surface area contributed by atoms with Crippen LogP contribution in [0.2, 0.25) is 0 Å². The largest absolute Gasteiger partial charge is 0.493 e. The fraction of sp³-hybridized carbons (Fsp3) is 0.364. The maximum absolute atomic E-state index is 14.0. The van der Waals surface area contributed by atoms with E-state index in [0.29, 0.717) is 35.8 Å². The Bertz CT molecular complexity index is 871. The molecule has 1 N–H and O–H groups in total. The minimum atomic E-state index is -0.562. The molecule has 0 aromatic heterocycles. The third-order valence-electron chi connectivity index (χ3n) is 4.14. The van der Waals surface area contributed by atoms with Crippen molar-refractivity contribution in [3.05, 3.63) is 47.8 Å². The summed E-state index contributed by atoms with van der Waals surface area (Å²) < 4.78 is 35.0. The van der Waals surface area contributed by atoms with E-state index in [0.717, 1.165) is 0 Å². The maximum Gasteiger partial charge on any atom is 0.224 e. The van der Waals surface area contributed by atoms with E-state index in [1.54, 1.807) is 24.3 Å². The first-order valence-electron chi connectivity index (χ1n) is 9.47. The summed E-state index contributed by atoms with van der Waals surface area (Å²) in [6.45, 7) is 2.35. The number of rotatable bonds is 12. The fourth-order valence-electron chi connectivity index (χ4n) is 2.57. The van der Waals surface area contributed by atoms with Crippen molar-refractivity contribution in [3.8, 4) is 17.2 Å². The monoisotopic (exact) mass is 419 g/mol. The van der Waals surface area contributed by atoms with Crippen molar-refractivity contribution < 1.29 is 32.9 Å². The van der Waals surface area contributed by atoms with Crippen molar-refractivity contribution in [3.63, 3.8) is 0 Å². The van der Waals surface area contributed by atoms with E-state index in [1.807, 2.05) is 0 Å². The first kappa shape index (κ1) is 23.2. The molecular weight excluding hydrogens is 393 g/mol. The molecule has 0 unspecified atom stereocenters. The van der Waals surface area contributed by atoms with E-state index in [2.05, 4.69) is 5.32 Å². The lowest BCUT2D eigenvalue weighted by Crippen LogP contribution is -2.13. The number of carbonyl (C=O) groups excluding carboxylic acids is 2. The van der Waals surface area contributed by atoms with Crippen LogP contribution in [0.1, 0.15) is 30.1 Å². The summed E-state index contributed by atoms with van der Waals surface area (Å²) in [5.41, 5.74) is 0.875. The zero-order valence-corrected chi connectivity index (χ0v) is 17.3. The second-order valence-electron chi connectivity index (χ2n) is 6.41. The normalized spacial score (nSPS) is 10.4. The Balaban J connectivity index is 1.79. The zero-order chi connectivity index (χ0) is 21.9. The maximum atomic E-state index is 14.0. The number of amides is 1. The number of hydrogen-bond acceptors (Lipinski definition) is 6. The minimum Gasteiger partial charge on any atom is -0.493 e. The van der Waals surface area contributed by atoms with Crippen LogP contribution in [-0.2, 0) is 9.53 Å². The predicted molar refractivity (Wildman–Crippen MR) is 110 cm³/mol. The first-order chi connectivity index (χ1) is 14.4. The molecule has 0 spiro atoms. The standard InChI is InChI=1S/C22H26FNO6/c1-15(25)16-6-8-20(21(13-16)28-3)29-10-4-5-22(26)24-17-7-9-19(18(23)14-17)30-12-11-27-2/h6-9,13-14H,4-5,10-12H2,1-3H3,(H,24,26). The quantitative estimate of drug-likeness (QED) is 0.416. The van der Waals surface area contributed by atoms with Gasteiger partial charge in [0, 0.05) is 30.8 Å². The van der Waals surface area contributed by atoms with Crippen LogP contribution in [0.3, 0.4) is 0 Å². The summed E-state index contributed by atoms with van der Waals surface area (Å²) in [4.78, 5) is 23.5. The highest BCUT2D eigenvalue weighted by Crippen LogP contribution is 2.28. The molecule has 0 aliphatic carbocycles. The molecule has 0 heterocycles. The highest BCUT2D eigenvalue weighted by Gasteiger charge is 2.10. The van der Waals surface area contributed by atoms with Crippen LogP contribution in [0.5, 0.6) is 17.2 Å². The molecule has 0 radical (unpaired) electrons. The molecule has 162 valence electrons. The van der Waals surface area contributed by atoms with Gasteiger partial charge in [-0.3, -0.25) is 9.59 Å². The van der Waals surface area contributed by atoms with Crippen molar-refractivity contribution in [1.29, 1.82) is 0 Å². The van der Waals surface area contributed by atoms with Gasteiger partial charge in [-0.15, -0.1) is 0 Å². The van der Waals surface area contributed by atoms with Gasteiger partial charge in [0.25, 0.3) is 0 Å². The molecule has 0 saturated carbocycles. The Morgan fingerprint density at radius 3 is 2.33 bits per heavy atom. The number of carbonyl (C=O) groups is 2. The van der Waals surface area contributed by atoms with Crippen LogP contribution in [0, 0.1) is 5.82 Å². The lowest BCUT2D eigenvalue weighted by molar-refractivity contribution is -0.116. The smallest absolute Gasteiger partial charge is 0.224 e. The molecule has 0 saturated heterocycles. The van der Waals surface area contributed by atoms with Crippen LogP contribution >= 0.6 is 0 Å². The number of methoxy groups -OCH3 is 2. The van der Waals surface area contributed by atoms with Gasteiger partial charge in [0.1, 0.15) is 6.61 Å². The number of ether oxygens (including phenoxy) is 4. The Hall–Kier alpha value is -3.13. The van der Waals surface area contributed by atoms with Crippen LogP contribution < -0.4 is 19.5 Å². The highest BCUT2D eigenvalue weighted by atomic mass is 19.1. The fourth-order valence-corrected chi connectivity index (χ4v) is 2.57. The van der Waals surface area contributed by atoms with E-state index < -0.39 is 5.82 Å². The molecule has 8 heteroatoms. The van der Waals surface area contributed by atoms with Gasteiger partial charge >= 0.3 is 0 Å². The number of nitrogens with one attached hydrogen (secondary N) is 1. The summed E-state index contributed by atoms with van der Waals surface area (Å²) in [7, 11) is 3.02. The molecule has 7 nitrogen and oxygen atoms in total.